The number of primary sulfonamides is 1. The highest BCUT2D eigenvalue weighted by Crippen LogP contribution is 2.23. The first-order valence-electron chi connectivity index (χ1n) is 10.2. The van der Waals surface area contributed by atoms with Crippen LogP contribution < -0.4 is 15.4 Å². The average molecular weight is 445 g/mol. The van der Waals surface area contributed by atoms with Crippen LogP contribution in [-0.4, -0.2) is 45.3 Å². The van der Waals surface area contributed by atoms with Crippen molar-refractivity contribution in [3.8, 4) is 0 Å². The molecule has 9 heteroatoms. The Kier molecular flexibility index (Phi) is 7.09. The predicted octanol–water partition coefficient (Wildman–Crippen LogP) is 2.48. The molecule has 0 aromatic heterocycles. The fourth-order valence-electron chi connectivity index (χ4n) is 3.53. The zero-order valence-corrected chi connectivity index (χ0v) is 18.6. The van der Waals surface area contributed by atoms with Crippen molar-refractivity contribution in [2.45, 2.75) is 37.1 Å². The number of rotatable bonds is 8. The van der Waals surface area contributed by atoms with Crippen LogP contribution in [0.3, 0.4) is 0 Å². The molecule has 1 unspecified atom stereocenters. The minimum absolute atomic E-state index is 0.000361. The molecule has 0 bridgehead atoms. The number of anilines is 2. The molecule has 1 aliphatic heterocycles. The number of nitrogens with zero attached hydrogens (tertiary/aromatic N) is 2. The van der Waals surface area contributed by atoms with Gasteiger partial charge in [0.15, 0.2) is 0 Å². The minimum atomic E-state index is -3.71. The van der Waals surface area contributed by atoms with E-state index >= 15 is 0 Å². The summed E-state index contributed by atoms with van der Waals surface area (Å²) in [5.41, 5.74) is 2.47. The largest absolute Gasteiger partial charge is 0.326 e. The van der Waals surface area contributed by atoms with E-state index in [-0.39, 0.29) is 22.8 Å². The number of sulfonamides is 1. The molecule has 2 amide bonds. The fraction of sp³-hybridized carbons (Fsp3) is 0.364. The Morgan fingerprint density at radius 1 is 1.16 bits per heavy atom. The van der Waals surface area contributed by atoms with Crippen LogP contribution >= 0.6 is 0 Å². The summed E-state index contributed by atoms with van der Waals surface area (Å²) in [7, 11) is -1.80. The third-order valence-electron chi connectivity index (χ3n) is 5.58. The first-order chi connectivity index (χ1) is 14.6. The molecule has 0 spiro atoms. The van der Waals surface area contributed by atoms with Gasteiger partial charge in [-0.15, -0.1) is 0 Å². The SMILES string of the molecule is CC(c1ccc(S(N)(=O)=O)cc1)N(C)CCC(=O)Nc1ccc(N2CCCC2=O)cc1. The number of benzene rings is 2. The van der Waals surface area contributed by atoms with Gasteiger partial charge in [-0.2, -0.15) is 0 Å². The van der Waals surface area contributed by atoms with Gasteiger partial charge in [0.2, 0.25) is 21.8 Å². The summed E-state index contributed by atoms with van der Waals surface area (Å²) in [6.45, 7) is 3.26. The average Bonchev–Trinajstić information content (AvgIpc) is 3.17. The second-order valence-corrected chi connectivity index (χ2v) is 9.33. The van der Waals surface area contributed by atoms with Crippen LogP contribution in [0.4, 0.5) is 11.4 Å². The summed E-state index contributed by atoms with van der Waals surface area (Å²) >= 11 is 0. The normalized spacial score (nSPS) is 15.4. The van der Waals surface area contributed by atoms with Crippen molar-refractivity contribution >= 4 is 33.2 Å². The van der Waals surface area contributed by atoms with Gasteiger partial charge in [0.05, 0.1) is 4.90 Å². The van der Waals surface area contributed by atoms with E-state index in [1.54, 1.807) is 29.2 Å². The van der Waals surface area contributed by atoms with E-state index in [9.17, 15) is 18.0 Å². The van der Waals surface area contributed by atoms with Crippen molar-refractivity contribution in [2.24, 2.45) is 5.14 Å². The first-order valence-corrected chi connectivity index (χ1v) is 11.7. The number of carbonyl (C=O) groups excluding carboxylic acids is 2. The molecule has 1 fully saturated rings. The van der Waals surface area contributed by atoms with E-state index in [2.05, 4.69) is 5.32 Å². The first kappa shape index (κ1) is 22.9. The smallest absolute Gasteiger partial charge is 0.238 e. The zero-order valence-electron chi connectivity index (χ0n) is 17.7. The molecule has 1 saturated heterocycles. The van der Waals surface area contributed by atoms with Gasteiger partial charge in [-0.05, 0) is 62.4 Å². The van der Waals surface area contributed by atoms with Crippen LogP contribution in [0.2, 0.25) is 0 Å². The van der Waals surface area contributed by atoms with Crippen molar-refractivity contribution in [3.63, 3.8) is 0 Å². The molecule has 3 N–H and O–H groups in total. The lowest BCUT2D eigenvalue weighted by Gasteiger charge is -2.25. The van der Waals surface area contributed by atoms with Gasteiger partial charge < -0.3 is 10.2 Å². The van der Waals surface area contributed by atoms with Crippen LogP contribution in [0.1, 0.15) is 37.8 Å². The van der Waals surface area contributed by atoms with Crippen molar-refractivity contribution < 1.29 is 18.0 Å². The Labute approximate surface area is 183 Å². The third kappa shape index (κ3) is 5.90. The Morgan fingerprint density at radius 2 is 1.81 bits per heavy atom. The van der Waals surface area contributed by atoms with Crippen molar-refractivity contribution in [1.82, 2.24) is 4.90 Å². The van der Waals surface area contributed by atoms with Crippen LogP contribution in [0.15, 0.2) is 53.4 Å². The number of amides is 2. The van der Waals surface area contributed by atoms with E-state index in [0.29, 0.717) is 25.1 Å². The van der Waals surface area contributed by atoms with Gasteiger partial charge in [0, 0.05) is 43.3 Å². The zero-order chi connectivity index (χ0) is 22.6. The molecule has 0 radical (unpaired) electrons. The number of nitrogens with two attached hydrogens (primary N) is 1. The topological polar surface area (TPSA) is 113 Å². The summed E-state index contributed by atoms with van der Waals surface area (Å²) < 4.78 is 22.8. The van der Waals surface area contributed by atoms with Gasteiger partial charge in [-0.25, -0.2) is 13.6 Å². The van der Waals surface area contributed by atoms with Crippen molar-refractivity contribution in [3.05, 3.63) is 54.1 Å². The standard InChI is InChI=1S/C22H28N4O4S/c1-16(17-5-11-20(12-6-17)31(23,29)30)25(2)15-13-21(27)24-18-7-9-19(10-8-18)26-14-3-4-22(26)28/h5-12,16H,3-4,13-15H2,1-2H3,(H,24,27)(H2,23,29,30). The summed E-state index contributed by atoms with van der Waals surface area (Å²) in [6, 6.07) is 13.7. The summed E-state index contributed by atoms with van der Waals surface area (Å²) in [5, 5.41) is 8.01. The Morgan fingerprint density at radius 3 is 2.35 bits per heavy atom. The lowest BCUT2D eigenvalue weighted by Crippen LogP contribution is -2.27. The van der Waals surface area contributed by atoms with E-state index in [1.165, 1.54) is 12.1 Å². The van der Waals surface area contributed by atoms with E-state index in [0.717, 1.165) is 24.2 Å². The van der Waals surface area contributed by atoms with Crippen LogP contribution in [0.25, 0.3) is 0 Å². The molecule has 31 heavy (non-hydrogen) atoms. The number of carbonyl (C=O) groups is 2. The third-order valence-corrected chi connectivity index (χ3v) is 6.51. The highest BCUT2D eigenvalue weighted by Gasteiger charge is 2.21. The van der Waals surface area contributed by atoms with Crippen LogP contribution in [-0.2, 0) is 19.6 Å². The molecule has 1 atom stereocenters. The Hall–Kier alpha value is -2.75. The van der Waals surface area contributed by atoms with Gasteiger partial charge in [-0.3, -0.25) is 14.5 Å². The molecular weight excluding hydrogens is 416 g/mol. The molecule has 0 saturated carbocycles. The van der Waals surface area contributed by atoms with E-state index in [4.69, 9.17) is 5.14 Å². The second-order valence-electron chi connectivity index (χ2n) is 7.76. The van der Waals surface area contributed by atoms with Gasteiger partial charge >= 0.3 is 0 Å². The van der Waals surface area contributed by atoms with Crippen molar-refractivity contribution in [2.75, 3.05) is 30.4 Å². The minimum Gasteiger partial charge on any atom is -0.326 e. The Bertz CT molecular complexity index is 1040. The van der Waals surface area contributed by atoms with Gasteiger partial charge in [-0.1, -0.05) is 12.1 Å². The van der Waals surface area contributed by atoms with Crippen LogP contribution in [0, 0.1) is 0 Å². The fourth-order valence-corrected chi connectivity index (χ4v) is 4.05. The Balaban J connectivity index is 1.50. The molecular formula is C22H28N4O4S. The second kappa shape index (κ2) is 9.59. The van der Waals surface area contributed by atoms with Crippen LogP contribution in [0.5, 0.6) is 0 Å². The molecule has 2 aromatic rings. The maximum absolute atomic E-state index is 12.3. The molecule has 1 aliphatic rings. The molecule has 2 aromatic carbocycles. The lowest BCUT2D eigenvalue weighted by molar-refractivity contribution is -0.117. The maximum atomic E-state index is 12.3. The number of nitrogens with one attached hydrogen (secondary N) is 1. The molecule has 3 rings (SSSR count). The quantitative estimate of drug-likeness (QED) is 0.649. The maximum Gasteiger partial charge on any atom is 0.238 e. The number of hydrogen-bond acceptors (Lipinski definition) is 5. The molecule has 166 valence electrons. The summed E-state index contributed by atoms with van der Waals surface area (Å²) in [6.07, 6.45) is 1.77. The number of hydrogen-bond donors (Lipinski definition) is 2. The highest BCUT2D eigenvalue weighted by molar-refractivity contribution is 7.89. The van der Waals surface area contributed by atoms with Crippen molar-refractivity contribution in [1.29, 1.82) is 0 Å². The highest BCUT2D eigenvalue weighted by atomic mass is 32.2. The summed E-state index contributed by atoms with van der Waals surface area (Å²) in [4.78, 5) is 28.0. The molecule has 8 nitrogen and oxygen atoms in total. The van der Waals surface area contributed by atoms with Gasteiger partial charge in [0.1, 0.15) is 0 Å². The lowest BCUT2D eigenvalue weighted by atomic mass is 10.1. The van der Waals surface area contributed by atoms with E-state index in [1.807, 2.05) is 31.0 Å². The monoisotopic (exact) mass is 444 g/mol. The van der Waals surface area contributed by atoms with Gasteiger partial charge in [0.25, 0.3) is 0 Å². The van der Waals surface area contributed by atoms with E-state index < -0.39 is 10.0 Å². The molecule has 1 heterocycles. The summed E-state index contributed by atoms with van der Waals surface area (Å²) in [5.74, 6) is 0.0295. The molecule has 0 aliphatic carbocycles. The predicted molar refractivity (Wildman–Crippen MR) is 120 cm³/mol.